The Labute approximate surface area is 146 Å². The molecule has 0 radical (unpaired) electrons. The van der Waals surface area contributed by atoms with E-state index in [0.717, 1.165) is 37.0 Å². The highest BCUT2D eigenvalue weighted by Crippen LogP contribution is 2.64. The summed E-state index contributed by atoms with van der Waals surface area (Å²) in [5.41, 5.74) is -0.929. The first-order valence-corrected chi connectivity index (χ1v) is 9.33. The fourth-order valence-corrected chi connectivity index (χ4v) is 6.20. The molecule has 0 aliphatic heterocycles. The van der Waals surface area contributed by atoms with Gasteiger partial charge in [0.2, 0.25) is 0 Å². The topological polar surface area (TPSA) is 55.4 Å². The lowest BCUT2D eigenvalue weighted by Crippen LogP contribution is -2.60. The average Bonchev–Trinajstić information content (AvgIpc) is 2.94. The quantitative estimate of drug-likeness (QED) is 0.619. The van der Waals surface area contributed by atoms with Crippen LogP contribution in [0.2, 0.25) is 0 Å². The van der Waals surface area contributed by atoms with Crippen LogP contribution >= 0.6 is 23.2 Å². The SMILES string of the molecule is CC1(C(=O)OCC(=O)NC23CC4CC(CC(C4)C2)C3)CC1(Cl)Cl. The summed E-state index contributed by atoms with van der Waals surface area (Å²) in [5, 5.41) is 3.19. The van der Waals surface area contributed by atoms with Crippen molar-refractivity contribution in [1.29, 1.82) is 0 Å². The highest BCUT2D eigenvalue weighted by Gasteiger charge is 2.69. The standard InChI is InChI=1S/C17H23Cl2NO3/c1-15(9-17(15,18)19)14(22)23-8-13(21)20-16-5-10-2-11(6-16)4-12(3-10)7-16/h10-12H,2-9H2,1H3,(H,20,21). The predicted molar refractivity (Wildman–Crippen MR) is 87.2 cm³/mol. The number of esters is 1. The number of nitrogens with one attached hydrogen (secondary N) is 1. The van der Waals surface area contributed by atoms with Crippen LogP contribution in [0.1, 0.15) is 51.9 Å². The van der Waals surface area contributed by atoms with Gasteiger partial charge >= 0.3 is 5.97 Å². The van der Waals surface area contributed by atoms with Crippen molar-refractivity contribution in [3.8, 4) is 0 Å². The summed E-state index contributed by atoms with van der Waals surface area (Å²) in [7, 11) is 0. The van der Waals surface area contributed by atoms with E-state index < -0.39 is 15.7 Å². The van der Waals surface area contributed by atoms with E-state index in [1.807, 2.05) is 0 Å². The minimum Gasteiger partial charge on any atom is -0.455 e. The molecule has 1 amide bonds. The Balaban J connectivity index is 1.32. The Morgan fingerprint density at radius 1 is 1.09 bits per heavy atom. The van der Waals surface area contributed by atoms with Crippen LogP contribution in [0.4, 0.5) is 0 Å². The van der Waals surface area contributed by atoms with Crippen LogP contribution in [-0.4, -0.2) is 28.4 Å². The zero-order valence-electron chi connectivity index (χ0n) is 13.4. The van der Waals surface area contributed by atoms with Gasteiger partial charge in [-0.15, -0.1) is 23.2 Å². The number of rotatable bonds is 4. The van der Waals surface area contributed by atoms with Gasteiger partial charge in [-0.05, 0) is 63.2 Å². The Morgan fingerprint density at radius 2 is 1.57 bits per heavy atom. The first-order valence-electron chi connectivity index (χ1n) is 8.57. The lowest BCUT2D eigenvalue weighted by molar-refractivity contribution is -0.154. The fourth-order valence-electron chi connectivity index (χ4n) is 5.51. The number of amides is 1. The van der Waals surface area contributed by atoms with Crippen LogP contribution in [0.5, 0.6) is 0 Å². The van der Waals surface area contributed by atoms with Gasteiger partial charge in [-0.1, -0.05) is 0 Å². The molecule has 5 aliphatic carbocycles. The molecule has 1 N–H and O–H groups in total. The van der Waals surface area contributed by atoms with Gasteiger partial charge in [0.15, 0.2) is 6.61 Å². The van der Waals surface area contributed by atoms with E-state index in [2.05, 4.69) is 5.32 Å². The molecule has 0 aromatic carbocycles. The van der Waals surface area contributed by atoms with Gasteiger partial charge in [-0.25, -0.2) is 0 Å². The van der Waals surface area contributed by atoms with Gasteiger partial charge in [-0.3, -0.25) is 9.59 Å². The lowest BCUT2D eigenvalue weighted by Gasteiger charge is -2.56. The number of ether oxygens (including phenoxy) is 1. The smallest absolute Gasteiger partial charge is 0.315 e. The summed E-state index contributed by atoms with van der Waals surface area (Å²) in [6.07, 6.45) is 7.62. The third-order valence-corrected chi connectivity index (χ3v) is 7.59. The van der Waals surface area contributed by atoms with Gasteiger partial charge in [0.1, 0.15) is 9.75 Å². The molecule has 5 fully saturated rings. The molecule has 0 saturated heterocycles. The highest BCUT2D eigenvalue weighted by atomic mass is 35.5. The van der Waals surface area contributed by atoms with E-state index in [1.165, 1.54) is 19.3 Å². The third kappa shape index (κ3) is 2.66. The van der Waals surface area contributed by atoms with Crippen LogP contribution in [0, 0.1) is 23.2 Å². The molecule has 1 unspecified atom stereocenters. The second-order valence-electron chi connectivity index (χ2n) is 8.54. The number of hydrogen-bond donors (Lipinski definition) is 1. The van der Waals surface area contributed by atoms with Crippen molar-refractivity contribution in [2.24, 2.45) is 23.2 Å². The van der Waals surface area contributed by atoms with E-state index in [0.29, 0.717) is 6.42 Å². The van der Waals surface area contributed by atoms with Crippen molar-refractivity contribution < 1.29 is 14.3 Å². The maximum absolute atomic E-state index is 12.3. The first kappa shape index (κ1) is 16.0. The Kier molecular flexibility index (Phi) is 3.49. The van der Waals surface area contributed by atoms with Crippen molar-refractivity contribution >= 4 is 35.1 Å². The van der Waals surface area contributed by atoms with Crippen LogP contribution in [0.25, 0.3) is 0 Å². The van der Waals surface area contributed by atoms with Crippen LogP contribution in [-0.2, 0) is 14.3 Å². The van der Waals surface area contributed by atoms with E-state index in [4.69, 9.17) is 27.9 Å². The van der Waals surface area contributed by atoms with Crippen molar-refractivity contribution in [2.75, 3.05) is 6.61 Å². The molecule has 1 atom stereocenters. The summed E-state index contributed by atoms with van der Waals surface area (Å²) >= 11 is 11.9. The van der Waals surface area contributed by atoms with Crippen molar-refractivity contribution in [2.45, 2.75) is 61.7 Å². The molecule has 6 heteroatoms. The molecule has 5 aliphatic rings. The third-order valence-electron chi connectivity index (χ3n) is 6.49. The molecule has 0 aromatic heterocycles. The van der Waals surface area contributed by atoms with Crippen molar-refractivity contribution in [1.82, 2.24) is 5.32 Å². The molecule has 0 aromatic rings. The monoisotopic (exact) mass is 359 g/mol. The van der Waals surface area contributed by atoms with Crippen molar-refractivity contribution in [3.05, 3.63) is 0 Å². The van der Waals surface area contributed by atoms with Crippen LogP contribution < -0.4 is 5.32 Å². The number of carbonyl (C=O) groups is 2. The summed E-state index contributed by atoms with van der Waals surface area (Å²) in [6.45, 7) is 1.44. The summed E-state index contributed by atoms with van der Waals surface area (Å²) in [5.74, 6) is 1.62. The Morgan fingerprint density at radius 3 is 2.00 bits per heavy atom. The van der Waals surface area contributed by atoms with Gasteiger partial charge in [0.05, 0.1) is 0 Å². The average molecular weight is 360 g/mol. The lowest BCUT2D eigenvalue weighted by atomic mass is 9.53. The van der Waals surface area contributed by atoms with Crippen LogP contribution in [0.3, 0.4) is 0 Å². The Bertz CT molecular complexity index is 527. The van der Waals surface area contributed by atoms with E-state index in [9.17, 15) is 9.59 Å². The number of hydrogen-bond acceptors (Lipinski definition) is 3. The van der Waals surface area contributed by atoms with Crippen LogP contribution in [0.15, 0.2) is 0 Å². The van der Waals surface area contributed by atoms with Gasteiger partial charge in [-0.2, -0.15) is 0 Å². The maximum Gasteiger partial charge on any atom is 0.315 e. The molecule has 0 spiro atoms. The van der Waals surface area contributed by atoms with E-state index in [-0.39, 0.29) is 18.1 Å². The van der Waals surface area contributed by atoms with E-state index >= 15 is 0 Å². The number of carbonyl (C=O) groups excluding carboxylic acids is 2. The first-order chi connectivity index (χ1) is 10.7. The molecular formula is C17H23Cl2NO3. The normalized spacial score (nSPS) is 45.6. The second kappa shape index (κ2) is 5.01. The summed E-state index contributed by atoms with van der Waals surface area (Å²) in [6, 6.07) is 0. The zero-order chi connectivity index (χ0) is 16.5. The largest absolute Gasteiger partial charge is 0.455 e. The molecule has 128 valence electrons. The zero-order valence-corrected chi connectivity index (χ0v) is 14.9. The highest BCUT2D eigenvalue weighted by molar-refractivity contribution is 6.53. The molecule has 4 nitrogen and oxygen atoms in total. The minimum atomic E-state index is -1.06. The van der Waals surface area contributed by atoms with Gasteiger partial charge < -0.3 is 10.1 Å². The molecule has 5 rings (SSSR count). The molecular weight excluding hydrogens is 337 g/mol. The van der Waals surface area contributed by atoms with Gasteiger partial charge in [0.25, 0.3) is 5.91 Å². The Hall–Kier alpha value is -0.480. The minimum absolute atomic E-state index is 0.0511. The maximum atomic E-state index is 12.3. The molecule has 5 saturated carbocycles. The number of alkyl halides is 2. The van der Waals surface area contributed by atoms with Crippen molar-refractivity contribution in [3.63, 3.8) is 0 Å². The summed E-state index contributed by atoms with van der Waals surface area (Å²) in [4.78, 5) is 24.3. The molecule has 23 heavy (non-hydrogen) atoms. The van der Waals surface area contributed by atoms with E-state index in [1.54, 1.807) is 6.92 Å². The second-order valence-corrected chi connectivity index (χ2v) is 10.0. The number of halogens is 2. The molecule has 0 heterocycles. The fraction of sp³-hybridized carbons (Fsp3) is 0.882. The summed E-state index contributed by atoms with van der Waals surface area (Å²) < 4.78 is 4.11. The molecule has 4 bridgehead atoms. The predicted octanol–water partition coefficient (Wildman–Crippen LogP) is 3.20. The van der Waals surface area contributed by atoms with Gasteiger partial charge in [0, 0.05) is 12.0 Å².